The van der Waals surface area contributed by atoms with E-state index in [1.54, 1.807) is 4.90 Å². The average Bonchev–Trinajstić information content (AvgIpc) is 3.01. The summed E-state index contributed by atoms with van der Waals surface area (Å²) in [4.78, 5) is 14.2. The molecular weight excluding hydrogens is 312 g/mol. The molecule has 1 aromatic heterocycles. The van der Waals surface area contributed by atoms with Gasteiger partial charge in [0.1, 0.15) is 5.69 Å². The molecule has 1 aromatic carbocycles. The van der Waals surface area contributed by atoms with Crippen molar-refractivity contribution in [1.29, 1.82) is 0 Å². The van der Waals surface area contributed by atoms with Gasteiger partial charge in [0.05, 0.1) is 18.4 Å². The lowest BCUT2D eigenvalue weighted by molar-refractivity contribution is 0.0656. The van der Waals surface area contributed by atoms with Gasteiger partial charge >= 0.3 is 0 Å². The normalized spacial score (nSPS) is 17.4. The van der Waals surface area contributed by atoms with Crippen molar-refractivity contribution >= 4 is 17.5 Å². The van der Waals surface area contributed by atoms with Crippen LogP contribution in [0.25, 0.3) is 11.3 Å². The lowest BCUT2D eigenvalue weighted by Crippen LogP contribution is -2.45. The van der Waals surface area contributed by atoms with E-state index in [2.05, 4.69) is 12.0 Å². The van der Waals surface area contributed by atoms with Gasteiger partial charge < -0.3 is 10.6 Å². The van der Waals surface area contributed by atoms with Crippen LogP contribution in [0.2, 0.25) is 5.02 Å². The van der Waals surface area contributed by atoms with E-state index in [1.807, 2.05) is 35.0 Å². The number of halogens is 1. The fourth-order valence-electron chi connectivity index (χ4n) is 2.98. The Morgan fingerprint density at radius 1 is 1.35 bits per heavy atom. The fraction of sp³-hybridized carbons (Fsp3) is 0.412. The summed E-state index contributed by atoms with van der Waals surface area (Å²) in [5.41, 5.74) is 8.11. The number of carbonyl (C=O) groups is 1. The van der Waals surface area contributed by atoms with Crippen molar-refractivity contribution in [1.82, 2.24) is 14.7 Å². The molecule has 0 radical (unpaired) electrons. The van der Waals surface area contributed by atoms with Crippen molar-refractivity contribution in [2.24, 2.45) is 5.73 Å². The Bertz CT molecular complexity index is 695. The van der Waals surface area contributed by atoms with Crippen LogP contribution in [0.1, 0.15) is 42.7 Å². The molecule has 122 valence electrons. The first-order valence-corrected chi connectivity index (χ1v) is 8.36. The molecule has 2 heterocycles. The third kappa shape index (κ3) is 3.12. The SMILES string of the molecule is CCCCC1CN(CN)C(=O)c2cc(-c3ccc(Cl)cc3)nn21. The first kappa shape index (κ1) is 16.0. The van der Waals surface area contributed by atoms with Crippen molar-refractivity contribution in [2.45, 2.75) is 32.2 Å². The van der Waals surface area contributed by atoms with Crippen LogP contribution < -0.4 is 5.73 Å². The van der Waals surface area contributed by atoms with E-state index in [9.17, 15) is 4.79 Å². The van der Waals surface area contributed by atoms with E-state index in [0.717, 1.165) is 30.5 Å². The summed E-state index contributed by atoms with van der Waals surface area (Å²) in [6.45, 7) is 3.03. The van der Waals surface area contributed by atoms with Gasteiger partial charge in [-0.25, -0.2) is 0 Å². The lowest BCUT2D eigenvalue weighted by Gasteiger charge is -2.32. The summed E-state index contributed by atoms with van der Waals surface area (Å²) >= 11 is 5.94. The number of amides is 1. The minimum atomic E-state index is -0.0482. The third-order valence-corrected chi connectivity index (χ3v) is 4.52. The summed E-state index contributed by atoms with van der Waals surface area (Å²) in [7, 11) is 0. The molecule has 3 rings (SSSR count). The van der Waals surface area contributed by atoms with Crippen LogP contribution >= 0.6 is 11.6 Å². The molecule has 2 aromatic rings. The van der Waals surface area contributed by atoms with Crippen LogP contribution in [0, 0.1) is 0 Å². The molecule has 5 nitrogen and oxygen atoms in total. The molecule has 23 heavy (non-hydrogen) atoms. The van der Waals surface area contributed by atoms with Gasteiger partial charge in [-0.2, -0.15) is 5.10 Å². The van der Waals surface area contributed by atoms with Crippen molar-refractivity contribution in [3.8, 4) is 11.3 Å². The van der Waals surface area contributed by atoms with E-state index in [4.69, 9.17) is 17.3 Å². The van der Waals surface area contributed by atoms with Crippen LogP contribution in [-0.4, -0.2) is 33.8 Å². The summed E-state index contributed by atoms with van der Waals surface area (Å²) in [5, 5.41) is 5.37. The Morgan fingerprint density at radius 3 is 2.74 bits per heavy atom. The molecule has 0 bridgehead atoms. The maximum absolute atomic E-state index is 12.5. The number of rotatable bonds is 5. The van der Waals surface area contributed by atoms with E-state index in [0.29, 0.717) is 17.3 Å². The van der Waals surface area contributed by atoms with Crippen LogP contribution in [0.3, 0.4) is 0 Å². The number of carbonyl (C=O) groups excluding carboxylic acids is 1. The van der Waals surface area contributed by atoms with Crippen LogP contribution in [0.5, 0.6) is 0 Å². The first-order chi connectivity index (χ1) is 11.1. The molecule has 0 aliphatic carbocycles. The van der Waals surface area contributed by atoms with Crippen molar-refractivity contribution in [3.63, 3.8) is 0 Å². The van der Waals surface area contributed by atoms with Gasteiger partial charge in [-0.3, -0.25) is 9.48 Å². The molecule has 0 spiro atoms. The van der Waals surface area contributed by atoms with Gasteiger partial charge in [0, 0.05) is 17.1 Å². The number of hydrogen-bond acceptors (Lipinski definition) is 3. The molecule has 1 aliphatic heterocycles. The second-order valence-electron chi connectivity index (χ2n) is 5.87. The van der Waals surface area contributed by atoms with Crippen LogP contribution in [0.15, 0.2) is 30.3 Å². The molecule has 1 atom stereocenters. The predicted octanol–water partition coefficient (Wildman–Crippen LogP) is 3.31. The number of benzene rings is 1. The third-order valence-electron chi connectivity index (χ3n) is 4.27. The number of nitrogens with two attached hydrogens (primary N) is 1. The molecule has 6 heteroatoms. The van der Waals surface area contributed by atoms with E-state index in [1.165, 1.54) is 0 Å². The second kappa shape index (κ2) is 6.72. The smallest absolute Gasteiger partial charge is 0.273 e. The maximum atomic E-state index is 12.5. The van der Waals surface area contributed by atoms with E-state index >= 15 is 0 Å². The Hall–Kier alpha value is -1.85. The highest BCUT2D eigenvalue weighted by Crippen LogP contribution is 2.29. The molecular formula is C17H21ClN4O. The van der Waals surface area contributed by atoms with Gasteiger partial charge in [0.25, 0.3) is 5.91 Å². The van der Waals surface area contributed by atoms with Gasteiger partial charge in [-0.15, -0.1) is 0 Å². The Morgan fingerprint density at radius 2 is 2.09 bits per heavy atom. The highest BCUT2D eigenvalue weighted by molar-refractivity contribution is 6.30. The molecule has 0 saturated heterocycles. The van der Waals surface area contributed by atoms with Crippen LogP contribution in [-0.2, 0) is 0 Å². The highest BCUT2D eigenvalue weighted by atomic mass is 35.5. The molecule has 1 unspecified atom stereocenters. The summed E-state index contributed by atoms with van der Waals surface area (Å²) in [5.74, 6) is -0.0482. The standard InChI is InChI=1S/C17H21ClN4O/c1-2-3-4-14-10-21(11-19)17(23)16-9-15(20-22(14)16)12-5-7-13(18)8-6-12/h5-9,14H,2-4,10-11,19H2,1H3. The van der Waals surface area contributed by atoms with Gasteiger partial charge in [-0.05, 0) is 24.6 Å². The molecule has 1 aliphatic rings. The lowest BCUT2D eigenvalue weighted by atomic mass is 10.1. The zero-order valence-electron chi connectivity index (χ0n) is 13.2. The van der Waals surface area contributed by atoms with Crippen molar-refractivity contribution in [3.05, 3.63) is 41.0 Å². The van der Waals surface area contributed by atoms with E-state index < -0.39 is 0 Å². The minimum Gasteiger partial charge on any atom is -0.323 e. The molecule has 0 saturated carbocycles. The van der Waals surface area contributed by atoms with Gasteiger partial charge in [-0.1, -0.05) is 43.5 Å². The Kier molecular flexibility index (Phi) is 4.68. The Balaban J connectivity index is 1.98. The number of unbranched alkanes of at least 4 members (excludes halogenated alkanes) is 1. The summed E-state index contributed by atoms with van der Waals surface area (Å²) in [6.07, 6.45) is 3.22. The van der Waals surface area contributed by atoms with E-state index in [-0.39, 0.29) is 18.6 Å². The largest absolute Gasteiger partial charge is 0.323 e. The molecule has 1 amide bonds. The number of aromatic nitrogens is 2. The second-order valence-corrected chi connectivity index (χ2v) is 6.31. The number of fused-ring (bicyclic) bond motifs is 1. The topological polar surface area (TPSA) is 64.2 Å². The van der Waals surface area contributed by atoms with Gasteiger partial charge in [0.15, 0.2) is 0 Å². The predicted molar refractivity (Wildman–Crippen MR) is 91.3 cm³/mol. The fourth-order valence-corrected chi connectivity index (χ4v) is 3.11. The van der Waals surface area contributed by atoms with Gasteiger partial charge in [0.2, 0.25) is 0 Å². The Labute approximate surface area is 141 Å². The average molecular weight is 333 g/mol. The van der Waals surface area contributed by atoms with Crippen molar-refractivity contribution in [2.75, 3.05) is 13.2 Å². The summed E-state index contributed by atoms with van der Waals surface area (Å²) in [6, 6.07) is 9.54. The van der Waals surface area contributed by atoms with Crippen molar-refractivity contribution < 1.29 is 4.79 Å². The number of hydrogen-bond donors (Lipinski definition) is 1. The highest BCUT2D eigenvalue weighted by Gasteiger charge is 2.32. The zero-order valence-corrected chi connectivity index (χ0v) is 14.0. The quantitative estimate of drug-likeness (QED) is 0.913. The molecule has 0 fully saturated rings. The zero-order chi connectivity index (χ0) is 16.4. The summed E-state index contributed by atoms with van der Waals surface area (Å²) < 4.78 is 1.88. The molecule has 2 N–H and O–H groups in total. The first-order valence-electron chi connectivity index (χ1n) is 7.99. The van der Waals surface area contributed by atoms with Crippen LogP contribution in [0.4, 0.5) is 0 Å². The maximum Gasteiger partial charge on any atom is 0.273 e. The number of nitrogens with zero attached hydrogens (tertiary/aromatic N) is 3. The monoisotopic (exact) mass is 332 g/mol. The minimum absolute atomic E-state index is 0.0482.